The molecule has 1 atom stereocenters. The van der Waals surface area contributed by atoms with Crippen molar-refractivity contribution >= 4 is 0 Å². The molecule has 0 saturated carbocycles. The van der Waals surface area contributed by atoms with Crippen LogP contribution in [0.4, 0.5) is 0 Å². The summed E-state index contributed by atoms with van der Waals surface area (Å²) in [5.41, 5.74) is 9.43. The van der Waals surface area contributed by atoms with E-state index in [0.29, 0.717) is 12.6 Å². The molecule has 0 aliphatic carbocycles. The number of rotatable bonds is 1. The summed E-state index contributed by atoms with van der Waals surface area (Å²) in [5, 5.41) is 7.31. The van der Waals surface area contributed by atoms with Crippen molar-refractivity contribution in [2.45, 2.75) is 19.4 Å². The quantitative estimate of drug-likeness (QED) is 0.649. The van der Waals surface area contributed by atoms with Crippen LogP contribution < -0.4 is 5.73 Å². The van der Waals surface area contributed by atoms with Crippen molar-refractivity contribution in [3.63, 3.8) is 0 Å². The van der Waals surface area contributed by atoms with Crippen LogP contribution in [-0.4, -0.2) is 35.2 Å². The first-order chi connectivity index (χ1) is 6.24. The monoisotopic (exact) mass is 180 g/mol. The molecule has 0 amide bonds. The number of aromatic amines is 1. The predicted octanol–water partition coefficient (Wildman–Crippen LogP) is 0.206. The molecule has 4 nitrogen and oxygen atoms in total. The van der Waals surface area contributed by atoms with Crippen LogP contribution in [0.25, 0.3) is 0 Å². The maximum Gasteiger partial charge on any atom is 0.0686 e. The highest BCUT2D eigenvalue weighted by Crippen LogP contribution is 2.28. The molecule has 0 aromatic carbocycles. The molecule has 2 heterocycles. The normalized spacial score (nSPS) is 23.2. The Balaban J connectivity index is 2.42. The summed E-state index contributed by atoms with van der Waals surface area (Å²) in [7, 11) is 2.12. The number of hydrogen-bond donors (Lipinski definition) is 2. The molecule has 13 heavy (non-hydrogen) atoms. The lowest BCUT2D eigenvalue weighted by Gasteiger charge is -2.31. The molecule has 0 spiro atoms. The second-order valence-electron chi connectivity index (χ2n) is 3.69. The summed E-state index contributed by atoms with van der Waals surface area (Å²) in [5.74, 6) is 0. The van der Waals surface area contributed by atoms with Gasteiger partial charge in [-0.1, -0.05) is 0 Å². The predicted molar refractivity (Wildman–Crippen MR) is 51.5 cm³/mol. The minimum Gasteiger partial charge on any atom is -0.329 e. The van der Waals surface area contributed by atoms with E-state index < -0.39 is 0 Å². The highest BCUT2D eigenvalue weighted by Gasteiger charge is 2.27. The van der Waals surface area contributed by atoms with Gasteiger partial charge in [0.25, 0.3) is 0 Å². The summed E-state index contributed by atoms with van der Waals surface area (Å²) in [6, 6.07) is 0.350. The topological polar surface area (TPSA) is 57.9 Å². The summed E-state index contributed by atoms with van der Waals surface area (Å²) in [6.07, 6.45) is 1.03. The van der Waals surface area contributed by atoms with Crippen molar-refractivity contribution in [1.82, 2.24) is 15.1 Å². The summed E-state index contributed by atoms with van der Waals surface area (Å²) < 4.78 is 0. The fraction of sp³-hybridized carbons (Fsp3) is 0.667. The minimum atomic E-state index is 0.350. The Hall–Kier alpha value is -0.870. The zero-order chi connectivity index (χ0) is 9.42. The zero-order valence-electron chi connectivity index (χ0n) is 8.17. The Morgan fingerprint density at radius 1 is 1.69 bits per heavy atom. The van der Waals surface area contributed by atoms with Crippen molar-refractivity contribution in [2.75, 3.05) is 20.1 Å². The number of hydrogen-bond acceptors (Lipinski definition) is 3. The number of H-pyrrole nitrogens is 1. The van der Waals surface area contributed by atoms with Gasteiger partial charge in [-0.25, -0.2) is 0 Å². The van der Waals surface area contributed by atoms with E-state index in [4.69, 9.17) is 5.73 Å². The summed E-state index contributed by atoms with van der Waals surface area (Å²) >= 11 is 0. The van der Waals surface area contributed by atoms with Gasteiger partial charge in [0.05, 0.1) is 11.7 Å². The summed E-state index contributed by atoms with van der Waals surface area (Å²) in [6.45, 7) is 3.79. The van der Waals surface area contributed by atoms with Crippen LogP contribution in [0, 0.1) is 6.92 Å². The first kappa shape index (κ1) is 8.72. The van der Waals surface area contributed by atoms with Crippen LogP contribution in [0.2, 0.25) is 0 Å². The lowest BCUT2D eigenvalue weighted by atomic mass is 9.97. The molecule has 0 radical (unpaired) electrons. The first-order valence-corrected chi connectivity index (χ1v) is 4.68. The maximum absolute atomic E-state index is 5.75. The fourth-order valence-electron chi connectivity index (χ4n) is 2.08. The third-order valence-electron chi connectivity index (χ3n) is 2.86. The molecule has 2 rings (SSSR count). The van der Waals surface area contributed by atoms with Gasteiger partial charge < -0.3 is 5.73 Å². The van der Waals surface area contributed by atoms with Gasteiger partial charge in [0.15, 0.2) is 0 Å². The average molecular weight is 180 g/mol. The second kappa shape index (κ2) is 3.12. The van der Waals surface area contributed by atoms with Crippen molar-refractivity contribution in [2.24, 2.45) is 5.73 Å². The van der Waals surface area contributed by atoms with E-state index in [1.54, 1.807) is 0 Å². The largest absolute Gasteiger partial charge is 0.329 e. The molecule has 72 valence electrons. The Bertz CT molecular complexity index is 305. The lowest BCUT2D eigenvalue weighted by Crippen LogP contribution is -2.36. The van der Waals surface area contributed by atoms with Gasteiger partial charge in [-0.3, -0.25) is 10.00 Å². The van der Waals surface area contributed by atoms with Crippen LogP contribution in [0.5, 0.6) is 0 Å². The molecule has 1 aromatic rings. The Kier molecular flexibility index (Phi) is 2.09. The van der Waals surface area contributed by atoms with Crippen LogP contribution in [0.15, 0.2) is 0 Å². The van der Waals surface area contributed by atoms with E-state index in [2.05, 4.69) is 29.1 Å². The number of nitrogens with two attached hydrogens (primary N) is 1. The molecular weight excluding hydrogens is 164 g/mol. The lowest BCUT2D eigenvalue weighted by molar-refractivity contribution is 0.235. The number of likely N-dealkylation sites (N-methyl/N-ethyl adjacent to an activating group) is 1. The Labute approximate surface area is 78.1 Å². The van der Waals surface area contributed by atoms with Gasteiger partial charge in [0.1, 0.15) is 0 Å². The van der Waals surface area contributed by atoms with Gasteiger partial charge >= 0.3 is 0 Å². The zero-order valence-corrected chi connectivity index (χ0v) is 8.17. The van der Waals surface area contributed by atoms with Crippen molar-refractivity contribution in [1.29, 1.82) is 0 Å². The Morgan fingerprint density at radius 2 is 2.46 bits per heavy atom. The highest BCUT2D eigenvalue weighted by atomic mass is 15.2. The van der Waals surface area contributed by atoms with Gasteiger partial charge in [0, 0.05) is 30.8 Å². The first-order valence-electron chi connectivity index (χ1n) is 4.68. The average Bonchev–Trinajstić information content (AvgIpc) is 2.49. The smallest absolute Gasteiger partial charge is 0.0686 e. The van der Waals surface area contributed by atoms with Gasteiger partial charge in [0.2, 0.25) is 0 Å². The molecular formula is C9H16N4. The van der Waals surface area contributed by atoms with E-state index in [0.717, 1.165) is 18.7 Å². The Morgan fingerprint density at radius 3 is 3.15 bits per heavy atom. The molecule has 1 unspecified atom stereocenters. The SMILES string of the molecule is Cc1[nH]nc2c1C(CN)N(C)CC2. The van der Waals surface area contributed by atoms with E-state index in [-0.39, 0.29) is 0 Å². The van der Waals surface area contributed by atoms with Crippen molar-refractivity contribution in [3.05, 3.63) is 17.0 Å². The third-order valence-corrected chi connectivity index (χ3v) is 2.86. The van der Waals surface area contributed by atoms with Crippen LogP contribution in [-0.2, 0) is 6.42 Å². The van der Waals surface area contributed by atoms with Crippen molar-refractivity contribution < 1.29 is 0 Å². The van der Waals surface area contributed by atoms with E-state index >= 15 is 0 Å². The number of fused-ring (bicyclic) bond motifs is 1. The fourth-order valence-corrected chi connectivity index (χ4v) is 2.08. The number of aryl methyl sites for hydroxylation is 1. The molecule has 1 aliphatic rings. The van der Waals surface area contributed by atoms with Crippen molar-refractivity contribution in [3.8, 4) is 0 Å². The molecule has 0 fully saturated rings. The molecule has 4 heteroatoms. The standard InChI is InChI=1S/C9H16N4/c1-6-9-7(12-11-6)3-4-13(2)8(9)5-10/h8H,3-5,10H2,1-2H3,(H,11,12). The molecule has 0 bridgehead atoms. The van der Waals surface area contributed by atoms with E-state index in [1.807, 2.05) is 0 Å². The minimum absolute atomic E-state index is 0.350. The summed E-state index contributed by atoms with van der Waals surface area (Å²) in [4.78, 5) is 2.30. The van der Waals surface area contributed by atoms with Gasteiger partial charge in [-0.15, -0.1) is 0 Å². The van der Waals surface area contributed by atoms with Crippen LogP contribution in [0.1, 0.15) is 23.0 Å². The molecule has 3 N–H and O–H groups in total. The number of nitrogens with zero attached hydrogens (tertiary/aromatic N) is 2. The molecule has 1 aromatic heterocycles. The second-order valence-corrected chi connectivity index (χ2v) is 3.69. The number of nitrogens with one attached hydrogen (secondary N) is 1. The van der Waals surface area contributed by atoms with Gasteiger partial charge in [-0.05, 0) is 14.0 Å². The van der Waals surface area contributed by atoms with E-state index in [9.17, 15) is 0 Å². The van der Waals surface area contributed by atoms with E-state index in [1.165, 1.54) is 11.3 Å². The van der Waals surface area contributed by atoms with Gasteiger partial charge in [-0.2, -0.15) is 5.10 Å². The molecule has 1 aliphatic heterocycles. The maximum atomic E-state index is 5.75. The van der Waals surface area contributed by atoms with Crippen LogP contribution in [0.3, 0.4) is 0 Å². The number of aromatic nitrogens is 2. The van der Waals surface area contributed by atoms with Crippen LogP contribution >= 0.6 is 0 Å². The molecule has 0 saturated heterocycles. The third kappa shape index (κ3) is 1.26. The highest BCUT2D eigenvalue weighted by molar-refractivity contribution is 5.30.